The number of allylic oxidation sites excluding steroid dienone is 2. The van der Waals surface area contributed by atoms with Gasteiger partial charge in [-0.1, -0.05) is 25.6 Å². The smallest absolute Gasteiger partial charge is 0.294 e. The van der Waals surface area contributed by atoms with Crippen LogP contribution in [0.1, 0.15) is 25.0 Å². The number of halogens is 3. The first kappa shape index (κ1) is 14.4. The number of rotatable bonds is 5. The van der Waals surface area contributed by atoms with Crippen molar-refractivity contribution in [3.63, 3.8) is 0 Å². The molecule has 0 bridgehead atoms. The third-order valence-electron chi connectivity index (χ3n) is 2.47. The van der Waals surface area contributed by atoms with Crippen LogP contribution in [0.4, 0.5) is 13.2 Å². The predicted octanol–water partition coefficient (Wildman–Crippen LogP) is 4.54. The maximum atomic E-state index is 13.6. The van der Waals surface area contributed by atoms with Crippen molar-refractivity contribution in [2.24, 2.45) is 0 Å². The molecule has 0 amide bonds. The molecule has 0 radical (unpaired) electrons. The summed E-state index contributed by atoms with van der Waals surface area (Å²) in [5.74, 6) is -0.856. The Kier molecular flexibility index (Phi) is 5.01. The molecule has 1 aromatic carbocycles. The summed E-state index contributed by atoms with van der Waals surface area (Å²) in [6, 6.07) is 4.52. The number of hydrogen-bond acceptors (Lipinski definition) is 1. The summed E-state index contributed by atoms with van der Waals surface area (Å²) >= 11 is 0. The van der Waals surface area contributed by atoms with Crippen molar-refractivity contribution in [2.75, 3.05) is 0 Å². The Bertz CT molecular complexity index is 464. The lowest BCUT2D eigenvalue weighted by atomic mass is 10.1. The number of benzene rings is 1. The van der Waals surface area contributed by atoms with Gasteiger partial charge in [-0.25, -0.2) is 13.2 Å². The van der Waals surface area contributed by atoms with E-state index < -0.39 is 12.2 Å². The molecule has 0 N–H and O–H groups in total. The summed E-state index contributed by atoms with van der Waals surface area (Å²) in [6.45, 7) is 6.58. The Morgan fingerprint density at radius 1 is 1.44 bits per heavy atom. The molecule has 98 valence electrons. The first-order valence-corrected chi connectivity index (χ1v) is 5.59. The molecule has 4 heteroatoms. The van der Waals surface area contributed by atoms with E-state index in [0.717, 1.165) is 0 Å². The van der Waals surface area contributed by atoms with Gasteiger partial charge in [-0.2, -0.15) is 0 Å². The lowest BCUT2D eigenvalue weighted by Crippen LogP contribution is -2.01. The van der Waals surface area contributed by atoms with Gasteiger partial charge >= 0.3 is 0 Å². The molecule has 0 saturated heterocycles. The van der Waals surface area contributed by atoms with E-state index in [-0.39, 0.29) is 11.6 Å². The van der Waals surface area contributed by atoms with E-state index in [0.29, 0.717) is 17.5 Å². The van der Waals surface area contributed by atoms with E-state index in [1.54, 1.807) is 19.1 Å². The van der Waals surface area contributed by atoms with Gasteiger partial charge in [0.05, 0.1) is 0 Å². The molecule has 0 fully saturated rings. The minimum absolute atomic E-state index is 0.168. The van der Waals surface area contributed by atoms with Crippen molar-refractivity contribution in [3.05, 3.63) is 53.6 Å². The van der Waals surface area contributed by atoms with Crippen LogP contribution < -0.4 is 0 Å². The minimum atomic E-state index is -2.76. The van der Waals surface area contributed by atoms with E-state index in [4.69, 9.17) is 4.74 Å². The van der Waals surface area contributed by atoms with Crippen LogP contribution in [0.25, 0.3) is 5.76 Å². The second-order valence-electron chi connectivity index (χ2n) is 3.68. The Labute approximate surface area is 105 Å². The molecule has 18 heavy (non-hydrogen) atoms. The highest BCUT2D eigenvalue weighted by molar-refractivity contribution is 5.60. The zero-order valence-corrected chi connectivity index (χ0v) is 10.3. The molecular formula is C14H15F3O. The Hall–Kier alpha value is -1.71. The van der Waals surface area contributed by atoms with Gasteiger partial charge in [-0.3, -0.25) is 0 Å². The first-order valence-electron chi connectivity index (χ1n) is 5.59. The molecular weight excluding hydrogens is 241 g/mol. The summed E-state index contributed by atoms with van der Waals surface area (Å²) in [5.41, 5.74) is 0.982. The molecule has 1 aromatic rings. The van der Waals surface area contributed by atoms with Gasteiger partial charge in [-0.15, -0.1) is 0 Å². The number of alkyl halides is 2. The minimum Gasteiger partial charge on any atom is -0.456 e. The van der Waals surface area contributed by atoms with Crippen LogP contribution in [0, 0.1) is 5.82 Å². The summed E-state index contributed by atoms with van der Waals surface area (Å²) in [5, 5.41) is 0. The molecule has 0 saturated carbocycles. The topological polar surface area (TPSA) is 9.23 Å². The molecule has 0 atom stereocenters. The number of aryl methyl sites for hydroxylation is 1. The maximum absolute atomic E-state index is 13.6. The summed E-state index contributed by atoms with van der Waals surface area (Å²) in [7, 11) is 0. The second-order valence-corrected chi connectivity index (χ2v) is 3.68. The van der Waals surface area contributed by atoms with Crippen molar-refractivity contribution in [3.8, 4) is 0 Å². The summed E-state index contributed by atoms with van der Waals surface area (Å²) in [6.07, 6.45) is -0.699. The Balaban J connectivity index is 2.97. The third kappa shape index (κ3) is 3.39. The highest BCUT2D eigenvalue weighted by atomic mass is 19.3. The van der Waals surface area contributed by atoms with Crippen molar-refractivity contribution < 1.29 is 17.9 Å². The molecule has 0 unspecified atom stereocenters. The highest BCUT2D eigenvalue weighted by Gasteiger charge is 2.14. The second kappa shape index (κ2) is 6.28. The Morgan fingerprint density at radius 2 is 2.11 bits per heavy atom. The van der Waals surface area contributed by atoms with Gasteiger partial charge in [0, 0.05) is 5.56 Å². The average Bonchev–Trinajstić information content (AvgIpc) is 2.35. The maximum Gasteiger partial charge on any atom is 0.294 e. The fourth-order valence-corrected chi connectivity index (χ4v) is 1.46. The fraction of sp³-hybridized carbons (Fsp3) is 0.286. The van der Waals surface area contributed by atoms with Crippen LogP contribution >= 0.6 is 0 Å². The van der Waals surface area contributed by atoms with Gasteiger partial charge in [0.25, 0.3) is 6.43 Å². The van der Waals surface area contributed by atoms with Gasteiger partial charge in [0.15, 0.2) is 5.76 Å². The van der Waals surface area contributed by atoms with Crippen molar-refractivity contribution in [2.45, 2.75) is 26.7 Å². The van der Waals surface area contributed by atoms with Gasteiger partial charge in [0.2, 0.25) is 0 Å². The lowest BCUT2D eigenvalue weighted by molar-refractivity contribution is 0.129. The molecule has 1 rings (SSSR count). The molecule has 1 nitrogen and oxygen atoms in total. The molecule has 0 aliphatic heterocycles. The lowest BCUT2D eigenvalue weighted by Gasteiger charge is -2.12. The zero-order valence-electron chi connectivity index (χ0n) is 10.3. The molecule has 0 heterocycles. The Morgan fingerprint density at radius 3 is 2.56 bits per heavy atom. The summed E-state index contributed by atoms with van der Waals surface area (Å²) in [4.78, 5) is 0. The molecule has 0 aliphatic rings. The first-order chi connectivity index (χ1) is 8.49. The van der Waals surface area contributed by atoms with Crippen LogP contribution in [0.5, 0.6) is 0 Å². The largest absolute Gasteiger partial charge is 0.456 e. The van der Waals surface area contributed by atoms with Crippen LogP contribution in [0.3, 0.4) is 0 Å². The molecule has 0 spiro atoms. The van der Waals surface area contributed by atoms with Crippen LogP contribution in [0.2, 0.25) is 0 Å². The van der Waals surface area contributed by atoms with Crippen LogP contribution in [-0.2, 0) is 11.2 Å². The third-order valence-corrected chi connectivity index (χ3v) is 2.47. The quantitative estimate of drug-likeness (QED) is 0.702. The van der Waals surface area contributed by atoms with Crippen molar-refractivity contribution in [1.29, 1.82) is 0 Å². The summed E-state index contributed by atoms with van der Waals surface area (Å²) < 4.78 is 43.1. The molecule has 0 aliphatic carbocycles. The van der Waals surface area contributed by atoms with E-state index in [2.05, 4.69) is 6.58 Å². The normalized spacial score (nSPS) is 11.8. The van der Waals surface area contributed by atoms with Gasteiger partial charge in [-0.05, 0) is 31.1 Å². The van der Waals surface area contributed by atoms with E-state index in [1.165, 1.54) is 12.1 Å². The van der Waals surface area contributed by atoms with E-state index in [1.807, 2.05) is 6.92 Å². The van der Waals surface area contributed by atoms with Crippen LogP contribution in [0.15, 0.2) is 36.6 Å². The highest BCUT2D eigenvalue weighted by Crippen LogP contribution is 2.23. The fourth-order valence-electron chi connectivity index (χ4n) is 1.46. The zero-order chi connectivity index (χ0) is 13.7. The predicted molar refractivity (Wildman–Crippen MR) is 65.7 cm³/mol. The standard InChI is InChI=1S/C14H15F3O/c1-4-10-6-7-11(8-12(10)15)13(5-2)18-9(3)14(16)17/h5-8,14H,3-4H2,1-2H3/b13-5-. The average molecular weight is 256 g/mol. The monoisotopic (exact) mass is 256 g/mol. The number of hydrogen-bond donors (Lipinski definition) is 0. The van der Waals surface area contributed by atoms with Gasteiger partial charge < -0.3 is 4.74 Å². The van der Waals surface area contributed by atoms with E-state index >= 15 is 0 Å². The van der Waals surface area contributed by atoms with Crippen molar-refractivity contribution >= 4 is 5.76 Å². The van der Waals surface area contributed by atoms with Crippen LogP contribution in [-0.4, -0.2) is 6.43 Å². The van der Waals surface area contributed by atoms with Crippen molar-refractivity contribution in [1.82, 2.24) is 0 Å². The SMILES string of the molecule is C=C(O/C(=C\C)c1ccc(CC)c(F)c1)C(F)F. The number of ether oxygens (including phenoxy) is 1. The molecule has 0 aromatic heterocycles. The van der Waals surface area contributed by atoms with E-state index in [9.17, 15) is 13.2 Å². The van der Waals surface area contributed by atoms with Gasteiger partial charge in [0.1, 0.15) is 11.6 Å².